The van der Waals surface area contributed by atoms with Gasteiger partial charge in [0.25, 0.3) is 0 Å². The summed E-state index contributed by atoms with van der Waals surface area (Å²) >= 11 is 1.69. The molecule has 0 heterocycles. The van der Waals surface area contributed by atoms with Crippen LogP contribution >= 0.6 is 0 Å². The van der Waals surface area contributed by atoms with E-state index in [1.165, 1.54) is 87.7 Å². The summed E-state index contributed by atoms with van der Waals surface area (Å²) in [6.07, 6.45) is 8.26. The van der Waals surface area contributed by atoms with Crippen molar-refractivity contribution >= 4 is 3.21 Å². The largest absolute Gasteiger partial charge is 0.214 e. The van der Waals surface area contributed by atoms with Gasteiger partial charge >= 0.3 is 59.5 Å². The van der Waals surface area contributed by atoms with Crippen LogP contribution in [0.3, 0.4) is 0 Å². The Morgan fingerprint density at radius 2 is 1.13 bits per heavy atom. The summed E-state index contributed by atoms with van der Waals surface area (Å²) in [4.78, 5) is 0. The third-order valence-electron chi connectivity index (χ3n) is 8.84. The molecule has 0 aliphatic heterocycles. The summed E-state index contributed by atoms with van der Waals surface area (Å²) in [6, 6.07) is 42.8. The van der Waals surface area contributed by atoms with Gasteiger partial charge in [0.2, 0.25) is 0 Å². The van der Waals surface area contributed by atoms with Crippen LogP contribution in [-0.4, -0.2) is 3.21 Å². The molecular weight excluding hydrogens is 691 g/mol. The molecule has 0 spiro atoms. The molecule has 0 aromatic heterocycles. The van der Waals surface area contributed by atoms with Crippen LogP contribution in [-0.2, 0) is 41.5 Å². The number of hydrogen-bond donors (Lipinski definition) is 0. The summed E-state index contributed by atoms with van der Waals surface area (Å²) in [5.41, 5.74) is 13.5. The summed E-state index contributed by atoms with van der Waals surface area (Å²) < 4.78 is 1.80. The van der Waals surface area contributed by atoms with Crippen molar-refractivity contribution in [2.45, 2.75) is 90.9 Å². The van der Waals surface area contributed by atoms with Crippen molar-refractivity contribution in [1.82, 2.24) is 0 Å². The summed E-state index contributed by atoms with van der Waals surface area (Å²) in [7, 11) is 0. The van der Waals surface area contributed by atoms with Crippen molar-refractivity contribution in [3.63, 3.8) is 0 Å². The third kappa shape index (κ3) is 10.0. The van der Waals surface area contributed by atoms with Crippen molar-refractivity contribution in [2.75, 3.05) is 0 Å². The van der Waals surface area contributed by atoms with Gasteiger partial charge in [0.1, 0.15) is 0 Å². The fourth-order valence-electron chi connectivity index (χ4n) is 6.40. The van der Waals surface area contributed by atoms with Gasteiger partial charge in [-0.05, 0) is 39.5 Å². The molecule has 0 unspecified atom stereocenters. The summed E-state index contributed by atoms with van der Waals surface area (Å²) in [6.45, 7) is 13.9. The van der Waals surface area contributed by atoms with E-state index in [4.69, 9.17) is 0 Å². The van der Waals surface area contributed by atoms with E-state index in [1.807, 2.05) is 30.3 Å². The zero-order chi connectivity index (χ0) is 32.0. The number of rotatable bonds is 2. The number of benzene rings is 4. The first-order valence-electron chi connectivity index (χ1n) is 16.6. The van der Waals surface area contributed by atoms with Gasteiger partial charge in [-0.3, -0.25) is 0 Å². The minimum atomic E-state index is 0. The zero-order valence-corrected chi connectivity index (χ0v) is 32.9. The maximum absolute atomic E-state index is 3.88. The molecule has 0 atom stereocenters. The molecule has 1 fully saturated rings. The van der Waals surface area contributed by atoms with Crippen molar-refractivity contribution in [2.24, 2.45) is 0 Å². The molecule has 1 saturated carbocycles. The van der Waals surface area contributed by atoms with E-state index in [2.05, 4.69) is 126 Å². The van der Waals surface area contributed by atoms with Gasteiger partial charge in [0.15, 0.2) is 0 Å². The minimum absolute atomic E-state index is 0. The number of hydrogen-bond acceptors (Lipinski definition) is 0. The predicted molar refractivity (Wildman–Crippen MR) is 192 cm³/mol. The van der Waals surface area contributed by atoms with Gasteiger partial charge < -0.3 is 24.8 Å². The molecule has 0 saturated heterocycles. The van der Waals surface area contributed by atoms with E-state index >= 15 is 0 Å². The Morgan fingerprint density at radius 3 is 1.60 bits per heavy atom. The Kier molecular flexibility index (Phi) is 14.3. The molecule has 2 aliphatic rings. The fraction of sp³-hybridized carbons (Fsp3) is 0.318. The maximum atomic E-state index is 3.88. The first kappa shape index (κ1) is 39.0. The standard InChI is InChI=1S/C33H33.C6H10.C5H5.2ClH.Zr/c1-32(2,3)30-20-26-24(18-28(30)22-13-9-7-10-14-22)17-25-19-29(23-15-11-8-12-16-23)31(21-27(25)26)33(4,5)6;1-2-4-6-5-3-1;1-2-4-5-3-1;;;/h7-16,18,20-21H,17H2,1-6H3;1-5H2;1-5H;2*1H;/q-1;;-1;;;+2/p-2. The van der Waals surface area contributed by atoms with Crippen molar-refractivity contribution in [3.05, 3.63) is 138 Å². The van der Waals surface area contributed by atoms with Crippen LogP contribution in [0, 0.1) is 6.07 Å². The van der Waals surface area contributed by atoms with Crippen LogP contribution in [0.1, 0.15) is 95.9 Å². The molecule has 7 rings (SSSR count). The van der Waals surface area contributed by atoms with Gasteiger partial charge in [-0.2, -0.15) is 18.2 Å². The van der Waals surface area contributed by atoms with E-state index in [0.717, 1.165) is 6.42 Å². The molecule has 2 aliphatic carbocycles. The maximum Gasteiger partial charge on any atom is -0.172 e. The van der Waals surface area contributed by atoms with Crippen LogP contribution in [0.2, 0.25) is 0 Å². The summed E-state index contributed by atoms with van der Waals surface area (Å²) in [5, 5.41) is 0. The average Bonchev–Trinajstić information content (AvgIpc) is 3.72. The van der Waals surface area contributed by atoms with Gasteiger partial charge in [0, 0.05) is 0 Å². The second-order valence-electron chi connectivity index (χ2n) is 14.5. The molecule has 47 heavy (non-hydrogen) atoms. The normalized spacial score (nSPS) is 13.4. The number of fused-ring (bicyclic) bond motifs is 3. The van der Waals surface area contributed by atoms with E-state index in [9.17, 15) is 0 Å². The Bertz CT molecular complexity index is 1570. The molecule has 3 heteroatoms. The Balaban J connectivity index is 0.000000360. The molecule has 0 N–H and O–H groups in total. The first-order chi connectivity index (χ1) is 21.5. The fourth-order valence-corrected chi connectivity index (χ4v) is 7.27. The average molecular weight is 739 g/mol. The molecule has 244 valence electrons. The van der Waals surface area contributed by atoms with E-state index in [0.29, 0.717) is 0 Å². The van der Waals surface area contributed by atoms with Crippen LogP contribution in [0.15, 0.2) is 109 Å². The van der Waals surface area contributed by atoms with Crippen LogP contribution in [0.4, 0.5) is 0 Å². The topological polar surface area (TPSA) is 0 Å². The second-order valence-corrected chi connectivity index (χ2v) is 16.3. The van der Waals surface area contributed by atoms with Crippen molar-refractivity contribution < 1.29 is 49.0 Å². The third-order valence-corrected chi connectivity index (χ3v) is 10.1. The Labute approximate surface area is 311 Å². The first-order valence-corrected chi connectivity index (χ1v) is 17.9. The molecule has 0 nitrogen and oxygen atoms in total. The predicted octanol–water partition coefficient (Wildman–Crippen LogP) is 6.07. The van der Waals surface area contributed by atoms with Gasteiger partial charge in [-0.1, -0.05) is 131 Å². The molecule has 5 aromatic rings. The van der Waals surface area contributed by atoms with E-state index in [-0.39, 0.29) is 35.6 Å². The van der Waals surface area contributed by atoms with Crippen LogP contribution < -0.4 is 24.8 Å². The van der Waals surface area contributed by atoms with Crippen molar-refractivity contribution in [3.8, 4) is 33.4 Å². The smallest absolute Gasteiger partial charge is 0.172 e. The second kappa shape index (κ2) is 17.3. The minimum Gasteiger partial charge on any atom is -0.214 e. The Hall–Kier alpha value is -2.44. The SMILES string of the molecule is CC(C)(C)c1cc2c([c-]c1-c1ccccc1)Cc1cc(-c3ccccc3)c(C(C)(C)C)cc1-2.[Cl-].[Cl-].[Zr+2]=[C]1CCCCC1.c1cc[cH-]c1. The molecule has 0 radical (unpaired) electrons. The summed E-state index contributed by atoms with van der Waals surface area (Å²) in [5.74, 6) is 0. The Morgan fingerprint density at radius 1 is 0.596 bits per heavy atom. The molecule has 0 amide bonds. The van der Waals surface area contributed by atoms with Gasteiger partial charge in [-0.15, -0.1) is 28.8 Å². The quantitative estimate of drug-likeness (QED) is 0.190. The number of halogens is 2. The molecule has 0 bridgehead atoms. The van der Waals surface area contributed by atoms with Gasteiger partial charge in [-0.25, -0.2) is 12.1 Å². The van der Waals surface area contributed by atoms with Gasteiger partial charge in [0.05, 0.1) is 0 Å². The zero-order valence-electron chi connectivity index (χ0n) is 28.9. The molecular formula is C44H48Cl2Zr-2. The molecule has 5 aromatic carbocycles. The van der Waals surface area contributed by atoms with E-state index in [1.54, 1.807) is 27.4 Å². The van der Waals surface area contributed by atoms with Crippen molar-refractivity contribution in [1.29, 1.82) is 0 Å². The monoisotopic (exact) mass is 736 g/mol. The van der Waals surface area contributed by atoms with Crippen LogP contribution in [0.5, 0.6) is 0 Å². The van der Waals surface area contributed by atoms with E-state index < -0.39 is 0 Å². The van der Waals surface area contributed by atoms with Crippen LogP contribution in [0.25, 0.3) is 33.4 Å².